The van der Waals surface area contributed by atoms with Crippen molar-refractivity contribution in [3.05, 3.63) is 18.2 Å². The number of hydrogen-bond donors (Lipinski definition) is 2. The third kappa shape index (κ3) is 4.66. The van der Waals surface area contributed by atoms with E-state index in [9.17, 15) is 16.8 Å². The Labute approximate surface area is 119 Å². The van der Waals surface area contributed by atoms with Gasteiger partial charge in [-0.1, -0.05) is 0 Å². The van der Waals surface area contributed by atoms with Gasteiger partial charge in [-0.05, 0) is 25.1 Å². The van der Waals surface area contributed by atoms with E-state index in [2.05, 4.69) is 4.72 Å². The molecule has 1 rings (SSSR count). The molecular weight excluding hydrogens is 304 g/mol. The number of nitrogens with one attached hydrogen (secondary N) is 1. The minimum atomic E-state index is -3.92. The van der Waals surface area contributed by atoms with Crippen molar-refractivity contribution in [1.29, 1.82) is 0 Å². The largest absolute Gasteiger partial charge is 0.495 e. The quantitative estimate of drug-likeness (QED) is 0.712. The fraction of sp³-hybridized carbons (Fsp3) is 0.455. The number of rotatable bonds is 6. The molecule has 1 atom stereocenters. The summed E-state index contributed by atoms with van der Waals surface area (Å²) in [6.45, 7) is 1.47. The maximum absolute atomic E-state index is 12.2. The first kappa shape index (κ1) is 16.7. The highest BCUT2D eigenvalue weighted by Crippen LogP contribution is 2.25. The first-order valence-corrected chi connectivity index (χ1v) is 9.23. The van der Waals surface area contributed by atoms with Crippen LogP contribution < -0.4 is 15.2 Å². The van der Waals surface area contributed by atoms with Gasteiger partial charge < -0.3 is 10.5 Å². The number of nitrogen functional groups attached to an aromatic ring is 1. The predicted octanol–water partition coefficient (Wildman–Crippen LogP) is -0.0112. The Balaban J connectivity index is 3.08. The van der Waals surface area contributed by atoms with E-state index in [1.807, 2.05) is 0 Å². The van der Waals surface area contributed by atoms with Gasteiger partial charge in [0.1, 0.15) is 20.5 Å². The van der Waals surface area contributed by atoms with E-state index in [-0.39, 0.29) is 22.1 Å². The van der Waals surface area contributed by atoms with E-state index in [4.69, 9.17) is 10.5 Å². The number of hydrogen-bond acceptors (Lipinski definition) is 6. The molecule has 0 saturated heterocycles. The first-order chi connectivity index (χ1) is 9.05. The Morgan fingerprint density at radius 3 is 2.40 bits per heavy atom. The summed E-state index contributed by atoms with van der Waals surface area (Å²) in [7, 11) is -5.86. The zero-order valence-electron chi connectivity index (χ0n) is 11.5. The van der Waals surface area contributed by atoms with Crippen molar-refractivity contribution in [3.63, 3.8) is 0 Å². The molecule has 7 nitrogen and oxygen atoms in total. The third-order valence-electron chi connectivity index (χ3n) is 2.39. The Morgan fingerprint density at radius 1 is 1.30 bits per heavy atom. The zero-order valence-corrected chi connectivity index (χ0v) is 13.1. The molecule has 0 radical (unpaired) electrons. The van der Waals surface area contributed by atoms with Crippen molar-refractivity contribution >= 4 is 25.5 Å². The second kappa shape index (κ2) is 5.98. The average molecular weight is 322 g/mol. The minimum Gasteiger partial charge on any atom is -0.495 e. The van der Waals surface area contributed by atoms with Gasteiger partial charge in [0.05, 0.1) is 12.9 Å². The summed E-state index contributed by atoms with van der Waals surface area (Å²) in [5.41, 5.74) is 5.83. The molecule has 1 aromatic carbocycles. The van der Waals surface area contributed by atoms with Crippen LogP contribution in [0.2, 0.25) is 0 Å². The van der Waals surface area contributed by atoms with E-state index in [0.29, 0.717) is 0 Å². The number of anilines is 1. The molecule has 114 valence electrons. The summed E-state index contributed by atoms with van der Waals surface area (Å²) >= 11 is 0. The Hall–Kier alpha value is -1.32. The van der Waals surface area contributed by atoms with Crippen LogP contribution in [0.1, 0.15) is 6.92 Å². The van der Waals surface area contributed by atoms with Crippen LogP contribution in [-0.2, 0) is 19.9 Å². The average Bonchev–Trinajstić information content (AvgIpc) is 2.25. The van der Waals surface area contributed by atoms with Gasteiger partial charge in [0.15, 0.2) is 0 Å². The summed E-state index contributed by atoms with van der Waals surface area (Å²) in [5, 5.41) is 0. The molecule has 0 aliphatic rings. The van der Waals surface area contributed by atoms with E-state index in [1.54, 1.807) is 0 Å². The van der Waals surface area contributed by atoms with Gasteiger partial charge in [-0.15, -0.1) is 0 Å². The van der Waals surface area contributed by atoms with Crippen molar-refractivity contribution < 1.29 is 21.6 Å². The van der Waals surface area contributed by atoms with Crippen LogP contribution in [-0.4, -0.2) is 42.0 Å². The second-order valence-electron chi connectivity index (χ2n) is 4.53. The lowest BCUT2D eigenvalue weighted by Crippen LogP contribution is -2.37. The van der Waals surface area contributed by atoms with Crippen LogP contribution in [0.15, 0.2) is 23.1 Å². The van der Waals surface area contributed by atoms with Gasteiger partial charge in [0.25, 0.3) is 0 Å². The van der Waals surface area contributed by atoms with E-state index < -0.39 is 25.9 Å². The molecule has 3 N–H and O–H groups in total. The molecule has 0 bridgehead atoms. The maximum atomic E-state index is 12.2. The standard InChI is InChI=1S/C11H18N2O5S2/c1-8(7-19(3,14)15)13-20(16,17)11-6-9(12)4-5-10(11)18-2/h4-6,8,13H,7,12H2,1-3H3. The minimum absolute atomic E-state index is 0.125. The normalized spacial score (nSPS) is 13.9. The number of sulfonamides is 1. The molecule has 0 fully saturated rings. The van der Waals surface area contributed by atoms with Gasteiger partial charge in [0, 0.05) is 18.0 Å². The van der Waals surface area contributed by atoms with Gasteiger partial charge in [-0.25, -0.2) is 21.6 Å². The maximum Gasteiger partial charge on any atom is 0.244 e. The topological polar surface area (TPSA) is 116 Å². The Kier molecular flexibility index (Phi) is 5.00. The molecule has 0 heterocycles. The summed E-state index contributed by atoms with van der Waals surface area (Å²) in [6, 6.07) is 3.44. The predicted molar refractivity (Wildman–Crippen MR) is 76.9 cm³/mol. The van der Waals surface area contributed by atoms with Crippen LogP contribution in [0.5, 0.6) is 5.75 Å². The van der Waals surface area contributed by atoms with Crippen molar-refractivity contribution in [2.45, 2.75) is 17.9 Å². The van der Waals surface area contributed by atoms with Crippen LogP contribution >= 0.6 is 0 Å². The van der Waals surface area contributed by atoms with Gasteiger partial charge >= 0.3 is 0 Å². The number of sulfone groups is 1. The Bertz CT molecular complexity index is 683. The van der Waals surface area contributed by atoms with Crippen LogP contribution in [0, 0.1) is 0 Å². The molecular formula is C11H18N2O5S2. The van der Waals surface area contributed by atoms with Crippen LogP contribution in [0.3, 0.4) is 0 Å². The van der Waals surface area contributed by atoms with Crippen molar-refractivity contribution in [1.82, 2.24) is 4.72 Å². The van der Waals surface area contributed by atoms with Gasteiger partial charge in [0.2, 0.25) is 10.0 Å². The van der Waals surface area contributed by atoms with E-state index >= 15 is 0 Å². The van der Waals surface area contributed by atoms with Crippen molar-refractivity contribution in [2.24, 2.45) is 0 Å². The number of nitrogens with two attached hydrogens (primary N) is 1. The highest BCUT2D eigenvalue weighted by molar-refractivity contribution is 7.91. The molecule has 9 heteroatoms. The second-order valence-corrected chi connectivity index (χ2v) is 8.39. The summed E-state index contributed by atoms with van der Waals surface area (Å²) in [4.78, 5) is -0.125. The van der Waals surface area contributed by atoms with Gasteiger partial charge in [-0.2, -0.15) is 0 Å². The lowest BCUT2D eigenvalue weighted by Gasteiger charge is -2.15. The lowest BCUT2D eigenvalue weighted by molar-refractivity contribution is 0.402. The van der Waals surface area contributed by atoms with Gasteiger partial charge in [-0.3, -0.25) is 0 Å². The van der Waals surface area contributed by atoms with E-state index in [1.165, 1.54) is 32.2 Å². The molecule has 0 spiro atoms. The molecule has 0 aliphatic heterocycles. The highest BCUT2D eigenvalue weighted by Gasteiger charge is 2.23. The van der Waals surface area contributed by atoms with Crippen molar-refractivity contribution in [3.8, 4) is 5.75 Å². The number of methoxy groups -OCH3 is 1. The Morgan fingerprint density at radius 2 is 1.90 bits per heavy atom. The van der Waals surface area contributed by atoms with Crippen molar-refractivity contribution in [2.75, 3.05) is 24.9 Å². The monoisotopic (exact) mass is 322 g/mol. The van der Waals surface area contributed by atoms with Crippen LogP contribution in [0.25, 0.3) is 0 Å². The number of ether oxygens (including phenoxy) is 1. The molecule has 1 aromatic rings. The molecule has 0 aliphatic carbocycles. The summed E-state index contributed by atoms with van der Waals surface area (Å²) in [6.07, 6.45) is 1.04. The first-order valence-electron chi connectivity index (χ1n) is 5.69. The zero-order chi connectivity index (χ0) is 15.6. The number of benzene rings is 1. The van der Waals surface area contributed by atoms with E-state index in [0.717, 1.165) is 6.26 Å². The molecule has 1 unspecified atom stereocenters. The SMILES string of the molecule is COc1ccc(N)cc1S(=O)(=O)NC(C)CS(C)(=O)=O. The molecule has 0 saturated carbocycles. The molecule has 0 aromatic heterocycles. The highest BCUT2D eigenvalue weighted by atomic mass is 32.2. The summed E-state index contributed by atoms with van der Waals surface area (Å²) < 4.78 is 54.0. The summed E-state index contributed by atoms with van der Waals surface area (Å²) in [5.74, 6) is -0.158. The smallest absolute Gasteiger partial charge is 0.244 e. The third-order valence-corrected chi connectivity index (χ3v) is 5.10. The lowest BCUT2D eigenvalue weighted by atomic mass is 10.3. The molecule has 0 amide bonds. The van der Waals surface area contributed by atoms with Crippen LogP contribution in [0.4, 0.5) is 5.69 Å². The fourth-order valence-electron chi connectivity index (χ4n) is 1.72. The molecule has 20 heavy (non-hydrogen) atoms. The fourth-order valence-corrected chi connectivity index (χ4v) is 4.26.